The minimum Gasteiger partial charge on any atom is -0.362 e. The zero-order chi connectivity index (χ0) is 13.8. The van der Waals surface area contributed by atoms with E-state index in [-0.39, 0.29) is 0 Å². The Morgan fingerprint density at radius 1 is 1.25 bits per heavy atom. The van der Waals surface area contributed by atoms with Crippen LogP contribution in [0.3, 0.4) is 0 Å². The van der Waals surface area contributed by atoms with E-state index in [1.54, 1.807) is 0 Å². The summed E-state index contributed by atoms with van der Waals surface area (Å²) < 4.78 is 0. The van der Waals surface area contributed by atoms with Crippen LogP contribution in [0, 0.1) is 5.41 Å². The number of nitrogens with one attached hydrogen (secondary N) is 1. The van der Waals surface area contributed by atoms with Gasteiger partial charge in [0.25, 0.3) is 0 Å². The van der Waals surface area contributed by atoms with E-state index in [2.05, 4.69) is 42.6 Å². The first-order valence-corrected chi connectivity index (χ1v) is 8.72. The highest BCUT2D eigenvalue weighted by Gasteiger charge is 2.36. The Balaban J connectivity index is 1.52. The molecule has 0 bridgehead atoms. The molecule has 1 heterocycles. The fourth-order valence-corrected chi connectivity index (χ4v) is 4.56. The number of thioether (sulfide) groups is 1. The SMILES string of the molecule is CC(Cc1ccccc1)NC1=NCC2(CCCC2)CS1. The van der Waals surface area contributed by atoms with Crippen molar-refractivity contribution in [2.24, 2.45) is 10.4 Å². The van der Waals surface area contributed by atoms with Gasteiger partial charge in [-0.25, -0.2) is 0 Å². The molecular formula is C17H24N2S. The van der Waals surface area contributed by atoms with Crippen molar-refractivity contribution in [2.45, 2.75) is 45.1 Å². The fourth-order valence-electron chi connectivity index (χ4n) is 3.30. The monoisotopic (exact) mass is 288 g/mol. The Kier molecular flexibility index (Phi) is 4.35. The maximum absolute atomic E-state index is 4.81. The Bertz CT molecular complexity index is 463. The minimum absolute atomic E-state index is 0.446. The summed E-state index contributed by atoms with van der Waals surface area (Å²) in [5.41, 5.74) is 1.93. The molecule has 0 radical (unpaired) electrons. The number of amidine groups is 1. The predicted octanol–water partition coefficient (Wildman–Crippen LogP) is 3.87. The van der Waals surface area contributed by atoms with E-state index in [4.69, 9.17) is 4.99 Å². The summed E-state index contributed by atoms with van der Waals surface area (Å²) in [6.07, 6.45) is 6.64. The van der Waals surface area contributed by atoms with Gasteiger partial charge in [-0.05, 0) is 37.2 Å². The Hall–Kier alpha value is -0.960. The minimum atomic E-state index is 0.446. The number of nitrogens with zero attached hydrogens (tertiary/aromatic N) is 1. The molecule has 108 valence electrons. The molecule has 1 spiro atoms. The highest BCUT2D eigenvalue weighted by Crippen LogP contribution is 2.43. The van der Waals surface area contributed by atoms with Crippen molar-refractivity contribution < 1.29 is 0 Å². The van der Waals surface area contributed by atoms with E-state index in [0.717, 1.165) is 18.1 Å². The lowest BCUT2D eigenvalue weighted by Crippen LogP contribution is -2.38. The summed E-state index contributed by atoms with van der Waals surface area (Å²) in [4.78, 5) is 4.81. The second-order valence-electron chi connectivity index (χ2n) is 6.35. The molecule has 1 fully saturated rings. The number of hydrogen-bond donors (Lipinski definition) is 1. The molecule has 1 aliphatic carbocycles. The molecule has 3 rings (SSSR count). The molecule has 20 heavy (non-hydrogen) atoms. The average molecular weight is 288 g/mol. The summed E-state index contributed by atoms with van der Waals surface area (Å²) in [6, 6.07) is 11.1. The highest BCUT2D eigenvalue weighted by molar-refractivity contribution is 8.13. The molecule has 1 saturated carbocycles. The maximum atomic E-state index is 4.81. The van der Waals surface area contributed by atoms with Crippen LogP contribution in [-0.2, 0) is 6.42 Å². The van der Waals surface area contributed by atoms with Crippen molar-refractivity contribution in [3.63, 3.8) is 0 Å². The van der Waals surface area contributed by atoms with Gasteiger partial charge in [0, 0.05) is 18.3 Å². The molecule has 1 unspecified atom stereocenters. The Morgan fingerprint density at radius 2 is 2.00 bits per heavy atom. The van der Waals surface area contributed by atoms with Crippen molar-refractivity contribution in [3.05, 3.63) is 35.9 Å². The van der Waals surface area contributed by atoms with E-state index >= 15 is 0 Å². The van der Waals surface area contributed by atoms with Crippen LogP contribution in [0.1, 0.15) is 38.2 Å². The molecule has 2 nitrogen and oxygen atoms in total. The number of benzene rings is 1. The van der Waals surface area contributed by atoms with Crippen molar-refractivity contribution in [1.82, 2.24) is 5.32 Å². The largest absolute Gasteiger partial charge is 0.362 e. The lowest BCUT2D eigenvalue weighted by molar-refractivity contribution is 0.358. The van der Waals surface area contributed by atoms with Gasteiger partial charge in [0.2, 0.25) is 0 Å². The fraction of sp³-hybridized carbons (Fsp3) is 0.588. The first kappa shape index (κ1) is 14.0. The summed E-state index contributed by atoms with van der Waals surface area (Å²) in [6.45, 7) is 3.29. The summed E-state index contributed by atoms with van der Waals surface area (Å²) in [5, 5.41) is 4.74. The van der Waals surface area contributed by atoms with Crippen LogP contribution < -0.4 is 5.32 Å². The lowest BCUT2D eigenvalue weighted by atomic mass is 9.89. The lowest BCUT2D eigenvalue weighted by Gasteiger charge is -2.32. The quantitative estimate of drug-likeness (QED) is 0.913. The van der Waals surface area contributed by atoms with Gasteiger partial charge >= 0.3 is 0 Å². The van der Waals surface area contributed by atoms with Gasteiger partial charge in [-0.1, -0.05) is 54.9 Å². The van der Waals surface area contributed by atoms with E-state index in [9.17, 15) is 0 Å². The molecule has 1 atom stereocenters. The molecule has 3 heteroatoms. The molecule has 0 aromatic heterocycles. The molecule has 2 aliphatic rings. The normalized spacial score (nSPS) is 22.6. The van der Waals surface area contributed by atoms with Crippen molar-refractivity contribution >= 4 is 16.9 Å². The van der Waals surface area contributed by atoms with Crippen LogP contribution >= 0.6 is 11.8 Å². The van der Waals surface area contributed by atoms with Crippen LogP contribution in [0.25, 0.3) is 0 Å². The Morgan fingerprint density at radius 3 is 2.65 bits per heavy atom. The Labute approximate surface area is 126 Å². The van der Waals surface area contributed by atoms with E-state index < -0.39 is 0 Å². The zero-order valence-electron chi connectivity index (χ0n) is 12.3. The van der Waals surface area contributed by atoms with Crippen LogP contribution in [-0.4, -0.2) is 23.5 Å². The standard InChI is InChI=1S/C17H24N2S/c1-14(11-15-7-3-2-4-8-15)19-16-18-12-17(13-20-16)9-5-6-10-17/h2-4,7-8,14H,5-6,9-13H2,1H3,(H,18,19). The third-order valence-electron chi connectivity index (χ3n) is 4.49. The van der Waals surface area contributed by atoms with Crippen LogP contribution in [0.4, 0.5) is 0 Å². The molecular weight excluding hydrogens is 264 g/mol. The summed E-state index contributed by atoms with van der Waals surface area (Å²) >= 11 is 1.94. The first-order valence-electron chi connectivity index (χ1n) is 7.74. The van der Waals surface area contributed by atoms with E-state index in [1.807, 2.05) is 11.8 Å². The number of hydrogen-bond acceptors (Lipinski definition) is 3. The second kappa shape index (κ2) is 6.21. The second-order valence-corrected chi connectivity index (χ2v) is 7.32. The van der Waals surface area contributed by atoms with Gasteiger partial charge in [0.05, 0.1) is 0 Å². The van der Waals surface area contributed by atoms with Crippen LogP contribution in [0.2, 0.25) is 0 Å². The summed E-state index contributed by atoms with van der Waals surface area (Å²) in [5.74, 6) is 1.26. The first-order chi connectivity index (χ1) is 9.76. The molecule has 0 amide bonds. The number of aliphatic imine (C=N–C) groups is 1. The van der Waals surface area contributed by atoms with Crippen molar-refractivity contribution in [2.75, 3.05) is 12.3 Å². The van der Waals surface area contributed by atoms with E-state index in [0.29, 0.717) is 11.5 Å². The van der Waals surface area contributed by atoms with Gasteiger partial charge < -0.3 is 5.32 Å². The molecule has 0 saturated heterocycles. The predicted molar refractivity (Wildman–Crippen MR) is 88.4 cm³/mol. The topological polar surface area (TPSA) is 24.4 Å². The smallest absolute Gasteiger partial charge is 0.156 e. The zero-order valence-corrected chi connectivity index (χ0v) is 13.1. The van der Waals surface area contributed by atoms with Crippen molar-refractivity contribution in [1.29, 1.82) is 0 Å². The van der Waals surface area contributed by atoms with Gasteiger partial charge in [-0.15, -0.1) is 0 Å². The molecule has 1 aromatic rings. The van der Waals surface area contributed by atoms with Gasteiger partial charge in [0.15, 0.2) is 5.17 Å². The highest BCUT2D eigenvalue weighted by atomic mass is 32.2. The van der Waals surface area contributed by atoms with Gasteiger partial charge in [-0.3, -0.25) is 4.99 Å². The summed E-state index contributed by atoms with van der Waals surface area (Å²) in [7, 11) is 0. The number of rotatable bonds is 3. The van der Waals surface area contributed by atoms with Crippen LogP contribution in [0.5, 0.6) is 0 Å². The van der Waals surface area contributed by atoms with Gasteiger partial charge in [0.1, 0.15) is 0 Å². The van der Waals surface area contributed by atoms with Crippen molar-refractivity contribution in [3.8, 4) is 0 Å². The maximum Gasteiger partial charge on any atom is 0.156 e. The third kappa shape index (κ3) is 3.38. The molecule has 1 aromatic carbocycles. The molecule has 1 N–H and O–H groups in total. The third-order valence-corrected chi connectivity index (χ3v) is 5.77. The average Bonchev–Trinajstić information content (AvgIpc) is 2.91. The van der Waals surface area contributed by atoms with Crippen LogP contribution in [0.15, 0.2) is 35.3 Å². The molecule has 1 aliphatic heterocycles. The van der Waals surface area contributed by atoms with E-state index in [1.165, 1.54) is 37.0 Å². The van der Waals surface area contributed by atoms with Gasteiger partial charge in [-0.2, -0.15) is 0 Å².